The van der Waals surface area contributed by atoms with E-state index in [1.165, 1.54) is 0 Å². The molecule has 2 nitrogen and oxygen atoms in total. The highest BCUT2D eigenvalue weighted by atomic mass is 16.3. The van der Waals surface area contributed by atoms with Crippen LogP contribution in [-0.2, 0) is 0 Å². The summed E-state index contributed by atoms with van der Waals surface area (Å²) in [7, 11) is 0. The molecule has 2 unspecified atom stereocenters. The molecule has 7 heavy (non-hydrogen) atoms. The average Bonchev–Trinajstić information content (AvgIpc) is 1.63. The third-order valence-electron chi connectivity index (χ3n) is 1.70. The highest BCUT2D eigenvalue weighted by Crippen LogP contribution is 2.16. The lowest BCUT2D eigenvalue weighted by atomic mass is 9.90. The van der Waals surface area contributed by atoms with Crippen molar-refractivity contribution in [3.63, 3.8) is 0 Å². The molecule has 1 aliphatic rings. The van der Waals surface area contributed by atoms with Crippen LogP contribution < -0.4 is 5.32 Å². The van der Waals surface area contributed by atoms with Gasteiger partial charge in [-0.2, -0.15) is 0 Å². The fourth-order valence-corrected chi connectivity index (χ4v) is 0.602. The van der Waals surface area contributed by atoms with Gasteiger partial charge in [0.2, 0.25) is 0 Å². The Hall–Kier alpha value is -0.0800. The first-order valence-corrected chi connectivity index (χ1v) is 2.59. The first-order chi connectivity index (χ1) is 3.13. The fraction of sp³-hybridized carbons (Fsp3) is 1.00. The van der Waals surface area contributed by atoms with E-state index in [9.17, 15) is 0 Å². The highest BCUT2D eigenvalue weighted by Gasteiger charge is 2.36. The number of rotatable bonds is 0. The Balaban J connectivity index is 2.43. The van der Waals surface area contributed by atoms with E-state index in [0.717, 1.165) is 6.54 Å². The summed E-state index contributed by atoms with van der Waals surface area (Å²) in [4.78, 5) is 0. The van der Waals surface area contributed by atoms with E-state index in [2.05, 4.69) is 5.32 Å². The van der Waals surface area contributed by atoms with Crippen LogP contribution in [0.15, 0.2) is 0 Å². The molecule has 1 heterocycles. The molecule has 2 heteroatoms. The van der Waals surface area contributed by atoms with Crippen LogP contribution in [0.1, 0.15) is 13.8 Å². The third kappa shape index (κ3) is 0.640. The van der Waals surface area contributed by atoms with Gasteiger partial charge in [0, 0.05) is 12.6 Å². The van der Waals surface area contributed by atoms with Crippen LogP contribution in [0.2, 0.25) is 0 Å². The van der Waals surface area contributed by atoms with Gasteiger partial charge in [0.25, 0.3) is 0 Å². The van der Waals surface area contributed by atoms with E-state index < -0.39 is 5.60 Å². The monoisotopic (exact) mass is 101 g/mol. The Bertz CT molecular complexity index is 80.1. The minimum absolute atomic E-state index is 0.285. The lowest BCUT2D eigenvalue weighted by Gasteiger charge is -2.41. The molecule has 0 aliphatic carbocycles. The van der Waals surface area contributed by atoms with Gasteiger partial charge >= 0.3 is 0 Å². The zero-order valence-corrected chi connectivity index (χ0v) is 4.73. The SMILES string of the molecule is CC1NCC1(C)O. The second kappa shape index (κ2) is 1.20. The first kappa shape index (κ1) is 5.06. The molecule has 0 aromatic rings. The normalized spacial score (nSPS) is 51.0. The Kier molecular flexibility index (Phi) is 0.869. The molecule has 0 radical (unpaired) electrons. The van der Waals surface area contributed by atoms with Crippen molar-refractivity contribution in [3.05, 3.63) is 0 Å². The Morgan fingerprint density at radius 1 is 1.86 bits per heavy atom. The van der Waals surface area contributed by atoms with Crippen LogP contribution in [-0.4, -0.2) is 23.3 Å². The van der Waals surface area contributed by atoms with Crippen LogP contribution in [0.4, 0.5) is 0 Å². The molecule has 0 aromatic carbocycles. The van der Waals surface area contributed by atoms with Crippen LogP contribution >= 0.6 is 0 Å². The molecule has 1 fully saturated rings. The van der Waals surface area contributed by atoms with Crippen molar-refractivity contribution in [2.24, 2.45) is 0 Å². The molecule has 42 valence electrons. The van der Waals surface area contributed by atoms with Crippen molar-refractivity contribution in [3.8, 4) is 0 Å². The van der Waals surface area contributed by atoms with Crippen molar-refractivity contribution >= 4 is 0 Å². The fourth-order valence-electron chi connectivity index (χ4n) is 0.602. The lowest BCUT2D eigenvalue weighted by molar-refractivity contribution is -0.0335. The second-order valence-corrected chi connectivity index (χ2v) is 2.46. The summed E-state index contributed by atoms with van der Waals surface area (Å²) in [5, 5.41) is 12.2. The zero-order chi connectivity index (χ0) is 5.49. The predicted molar refractivity (Wildman–Crippen MR) is 28.1 cm³/mol. The molecule has 0 spiro atoms. The summed E-state index contributed by atoms with van der Waals surface area (Å²) < 4.78 is 0. The minimum Gasteiger partial charge on any atom is -0.387 e. The second-order valence-electron chi connectivity index (χ2n) is 2.46. The van der Waals surface area contributed by atoms with Gasteiger partial charge in [-0.25, -0.2) is 0 Å². The van der Waals surface area contributed by atoms with E-state index in [4.69, 9.17) is 5.11 Å². The third-order valence-corrected chi connectivity index (χ3v) is 1.70. The number of hydrogen-bond donors (Lipinski definition) is 2. The number of β-amino-alcohol motifs (C(OH)–C–C–N with tert-alkyl or cyclic N) is 1. The van der Waals surface area contributed by atoms with E-state index in [0.29, 0.717) is 0 Å². The van der Waals surface area contributed by atoms with E-state index in [1.54, 1.807) is 0 Å². The van der Waals surface area contributed by atoms with Crippen LogP contribution in [0.25, 0.3) is 0 Å². The molecule has 0 bridgehead atoms. The number of hydrogen-bond acceptors (Lipinski definition) is 2. The molecular formula is C5H11NO. The van der Waals surface area contributed by atoms with E-state index in [1.807, 2.05) is 13.8 Å². The van der Waals surface area contributed by atoms with Gasteiger partial charge in [-0.1, -0.05) is 0 Å². The van der Waals surface area contributed by atoms with E-state index in [-0.39, 0.29) is 6.04 Å². The molecule has 1 rings (SSSR count). The van der Waals surface area contributed by atoms with Crippen molar-refractivity contribution in [1.82, 2.24) is 5.32 Å². The van der Waals surface area contributed by atoms with Crippen LogP contribution in [0.5, 0.6) is 0 Å². The largest absolute Gasteiger partial charge is 0.387 e. The molecular weight excluding hydrogens is 90.1 g/mol. The number of nitrogens with one attached hydrogen (secondary N) is 1. The Morgan fingerprint density at radius 3 is 2.29 bits per heavy atom. The highest BCUT2D eigenvalue weighted by molar-refractivity contribution is 4.96. The molecule has 2 N–H and O–H groups in total. The lowest BCUT2D eigenvalue weighted by Crippen LogP contribution is -2.64. The quantitative estimate of drug-likeness (QED) is 0.440. The van der Waals surface area contributed by atoms with Crippen molar-refractivity contribution < 1.29 is 5.11 Å². The Morgan fingerprint density at radius 2 is 2.29 bits per heavy atom. The smallest absolute Gasteiger partial charge is 0.0892 e. The molecule has 0 saturated carbocycles. The van der Waals surface area contributed by atoms with Crippen LogP contribution in [0, 0.1) is 0 Å². The summed E-state index contributed by atoms with van der Waals surface area (Å²) in [6, 6.07) is 0.285. The maximum atomic E-state index is 9.12. The molecule has 2 atom stereocenters. The molecule has 0 amide bonds. The van der Waals surface area contributed by atoms with Gasteiger partial charge in [-0.15, -0.1) is 0 Å². The zero-order valence-electron chi connectivity index (χ0n) is 4.73. The molecule has 1 saturated heterocycles. The maximum Gasteiger partial charge on any atom is 0.0892 e. The van der Waals surface area contributed by atoms with Gasteiger partial charge < -0.3 is 10.4 Å². The van der Waals surface area contributed by atoms with Crippen LogP contribution in [0.3, 0.4) is 0 Å². The molecule has 1 aliphatic heterocycles. The Labute approximate surface area is 43.5 Å². The van der Waals surface area contributed by atoms with Gasteiger partial charge in [-0.05, 0) is 13.8 Å². The van der Waals surface area contributed by atoms with Gasteiger partial charge in [0.15, 0.2) is 0 Å². The summed E-state index contributed by atoms with van der Waals surface area (Å²) >= 11 is 0. The summed E-state index contributed by atoms with van der Waals surface area (Å²) in [5.41, 5.74) is -0.431. The average molecular weight is 101 g/mol. The summed E-state index contributed by atoms with van der Waals surface area (Å²) in [6.45, 7) is 4.56. The summed E-state index contributed by atoms with van der Waals surface area (Å²) in [5.74, 6) is 0. The van der Waals surface area contributed by atoms with Crippen molar-refractivity contribution in [1.29, 1.82) is 0 Å². The van der Waals surface area contributed by atoms with E-state index >= 15 is 0 Å². The first-order valence-electron chi connectivity index (χ1n) is 2.59. The van der Waals surface area contributed by atoms with Gasteiger partial charge in [0.05, 0.1) is 5.60 Å². The molecule has 0 aromatic heterocycles. The number of aliphatic hydroxyl groups is 1. The topological polar surface area (TPSA) is 32.3 Å². The van der Waals surface area contributed by atoms with Crippen molar-refractivity contribution in [2.45, 2.75) is 25.5 Å². The van der Waals surface area contributed by atoms with Crippen molar-refractivity contribution in [2.75, 3.05) is 6.54 Å². The predicted octanol–water partition coefficient (Wildman–Crippen LogP) is -0.271. The minimum atomic E-state index is -0.431. The summed E-state index contributed by atoms with van der Waals surface area (Å²) in [6.07, 6.45) is 0. The van der Waals surface area contributed by atoms with Gasteiger partial charge in [0.1, 0.15) is 0 Å². The standard InChI is InChI=1S/C5H11NO/c1-4-5(2,7)3-6-4/h4,6-7H,3H2,1-2H3. The van der Waals surface area contributed by atoms with Gasteiger partial charge in [-0.3, -0.25) is 0 Å². The maximum absolute atomic E-state index is 9.12.